The van der Waals surface area contributed by atoms with Gasteiger partial charge in [0.2, 0.25) is 11.6 Å². The lowest BCUT2D eigenvalue weighted by Gasteiger charge is -2.04. The average Bonchev–Trinajstić information content (AvgIpc) is 2.96. The Morgan fingerprint density at radius 1 is 1.23 bits per heavy atom. The molecule has 22 heavy (non-hydrogen) atoms. The number of aromatic nitrogens is 4. The van der Waals surface area contributed by atoms with Gasteiger partial charge in [-0.2, -0.15) is 0 Å². The number of aryl methyl sites for hydroxylation is 1. The summed E-state index contributed by atoms with van der Waals surface area (Å²) in [5, 5.41) is 10.5. The predicted octanol–water partition coefficient (Wildman–Crippen LogP) is 0.667. The first kappa shape index (κ1) is 14.0. The molecule has 3 aromatic rings. The van der Waals surface area contributed by atoms with Crippen LogP contribution in [0.2, 0.25) is 0 Å². The zero-order valence-electron chi connectivity index (χ0n) is 11.8. The molecule has 0 aliphatic heterocycles. The van der Waals surface area contributed by atoms with Crippen molar-refractivity contribution >= 4 is 11.6 Å². The van der Waals surface area contributed by atoms with E-state index in [0.717, 1.165) is 5.56 Å². The van der Waals surface area contributed by atoms with Crippen molar-refractivity contribution in [3.05, 3.63) is 64.5 Å². The Kier molecular flexibility index (Phi) is 3.95. The van der Waals surface area contributed by atoms with Gasteiger partial charge in [-0.3, -0.25) is 14.0 Å². The molecule has 1 amide bonds. The van der Waals surface area contributed by atoms with Crippen molar-refractivity contribution in [1.29, 1.82) is 0 Å². The van der Waals surface area contributed by atoms with E-state index in [1.165, 1.54) is 6.20 Å². The summed E-state index contributed by atoms with van der Waals surface area (Å²) in [6, 6.07) is 9.83. The van der Waals surface area contributed by atoms with Crippen LogP contribution in [0.5, 0.6) is 0 Å². The molecule has 2 aromatic heterocycles. The Bertz CT molecular complexity index is 838. The molecule has 0 radical (unpaired) electrons. The zero-order chi connectivity index (χ0) is 15.4. The Balaban J connectivity index is 1.58. The van der Waals surface area contributed by atoms with E-state index < -0.39 is 0 Å². The monoisotopic (exact) mass is 297 g/mol. The first-order valence-corrected chi connectivity index (χ1v) is 6.96. The number of amides is 1. The van der Waals surface area contributed by atoms with E-state index in [4.69, 9.17) is 0 Å². The van der Waals surface area contributed by atoms with Crippen LogP contribution in [-0.2, 0) is 17.8 Å². The topological polar surface area (TPSA) is 92.2 Å². The maximum Gasteiger partial charge on any atom is 0.293 e. The van der Waals surface area contributed by atoms with Gasteiger partial charge in [0.05, 0.1) is 6.54 Å². The third kappa shape index (κ3) is 3.03. The molecule has 0 atom stereocenters. The molecule has 0 saturated carbocycles. The minimum absolute atomic E-state index is 0.0644. The van der Waals surface area contributed by atoms with E-state index in [9.17, 15) is 9.59 Å². The third-order valence-electron chi connectivity index (χ3n) is 3.33. The number of hydrogen-bond acceptors (Lipinski definition) is 4. The van der Waals surface area contributed by atoms with Gasteiger partial charge in [0, 0.05) is 18.8 Å². The van der Waals surface area contributed by atoms with Crippen LogP contribution in [0.1, 0.15) is 17.8 Å². The molecule has 7 heteroatoms. The van der Waals surface area contributed by atoms with Crippen LogP contribution < -0.4 is 10.9 Å². The van der Waals surface area contributed by atoms with Crippen molar-refractivity contribution in [3.8, 4) is 0 Å². The number of fused-ring (bicyclic) bond motifs is 1. The molecular formula is C15H15N5O2. The highest BCUT2D eigenvalue weighted by molar-refractivity contribution is 5.76. The standard InChI is InChI=1S/C15H15N5O2/c21-13(7-6-11-4-2-1-3-5-11)17-10-12-18-19-14-15(22)16-8-9-20(12)14/h1-5,8-9H,6-7,10H2,(H,16,22)(H,17,21). The maximum absolute atomic E-state index is 11.9. The summed E-state index contributed by atoms with van der Waals surface area (Å²) in [6.45, 7) is 0.234. The number of nitrogens with one attached hydrogen (secondary N) is 2. The van der Waals surface area contributed by atoms with Crippen molar-refractivity contribution in [3.63, 3.8) is 0 Å². The number of benzene rings is 1. The van der Waals surface area contributed by atoms with Crippen LogP contribution in [0.15, 0.2) is 47.5 Å². The van der Waals surface area contributed by atoms with Gasteiger partial charge < -0.3 is 10.3 Å². The lowest BCUT2D eigenvalue weighted by atomic mass is 10.1. The fourth-order valence-electron chi connectivity index (χ4n) is 2.18. The van der Waals surface area contributed by atoms with E-state index in [-0.39, 0.29) is 23.7 Å². The normalized spacial score (nSPS) is 10.7. The summed E-state index contributed by atoms with van der Waals surface area (Å²) >= 11 is 0. The molecule has 0 bridgehead atoms. The van der Waals surface area contributed by atoms with Crippen LogP contribution in [-0.4, -0.2) is 25.5 Å². The van der Waals surface area contributed by atoms with E-state index in [1.54, 1.807) is 10.6 Å². The number of aromatic amines is 1. The maximum atomic E-state index is 11.9. The number of rotatable bonds is 5. The predicted molar refractivity (Wildman–Crippen MR) is 80.2 cm³/mol. The van der Waals surface area contributed by atoms with Crippen LogP contribution in [0.25, 0.3) is 5.65 Å². The summed E-state index contributed by atoms with van der Waals surface area (Å²) in [5.74, 6) is 0.458. The summed E-state index contributed by atoms with van der Waals surface area (Å²) < 4.78 is 1.57. The smallest absolute Gasteiger partial charge is 0.293 e. The average molecular weight is 297 g/mol. The molecule has 0 aliphatic carbocycles. The molecule has 0 fully saturated rings. The van der Waals surface area contributed by atoms with Gasteiger partial charge >= 0.3 is 0 Å². The molecule has 0 aliphatic rings. The first-order valence-electron chi connectivity index (χ1n) is 6.96. The largest absolute Gasteiger partial charge is 0.349 e. The number of H-pyrrole nitrogens is 1. The van der Waals surface area contributed by atoms with E-state index in [1.807, 2.05) is 30.3 Å². The lowest BCUT2D eigenvalue weighted by molar-refractivity contribution is -0.121. The van der Waals surface area contributed by atoms with Gasteiger partial charge in [-0.15, -0.1) is 10.2 Å². The van der Waals surface area contributed by atoms with Gasteiger partial charge in [-0.05, 0) is 12.0 Å². The Morgan fingerprint density at radius 3 is 2.86 bits per heavy atom. The first-order chi connectivity index (χ1) is 10.7. The van der Waals surface area contributed by atoms with E-state index >= 15 is 0 Å². The van der Waals surface area contributed by atoms with Gasteiger partial charge in [0.15, 0.2) is 5.82 Å². The summed E-state index contributed by atoms with van der Waals surface area (Å²) in [7, 11) is 0. The van der Waals surface area contributed by atoms with Gasteiger partial charge in [-0.1, -0.05) is 30.3 Å². The van der Waals surface area contributed by atoms with Crippen molar-refractivity contribution in [2.75, 3.05) is 0 Å². The van der Waals surface area contributed by atoms with Crippen molar-refractivity contribution in [1.82, 2.24) is 24.9 Å². The van der Waals surface area contributed by atoms with Crippen molar-refractivity contribution in [2.45, 2.75) is 19.4 Å². The van der Waals surface area contributed by atoms with E-state index in [0.29, 0.717) is 18.7 Å². The van der Waals surface area contributed by atoms with E-state index in [2.05, 4.69) is 20.5 Å². The van der Waals surface area contributed by atoms with Crippen LogP contribution >= 0.6 is 0 Å². The molecule has 0 saturated heterocycles. The Morgan fingerprint density at radius 2 is 2.05 bits per heavy atom. The molecule has 1 aromatic carbocycles. The molecule has 2 N–H and O–H groups in total. The fourth-order valence-corrected chi connectivity index (χ4v) is 2.18. The lowest BCUT2D eigenvalue weighted by Crippen LogP contribution is -2.24. The number of carbonyl (C=O) groups is 1. The van der Waals surface area contributed by atoms with Gasteiger partial charge in [0.1, 0.15) is 0 Å². The molecule has 0 spiro atoms. The quantitative estimate of drug-likeness (QED) is 0.724. The molecule has 3 rings (SSSR count). The molecule has 7 nitrogen and oxygen atoms in total. The second kappa shape index (κ2) is 6.21. The highest BCUT2D eigenvalue weighted by Gasteiger charge is 2.09. The second-order valence-electron chi connectivity index (χ2n) is 4.86. The fraction of sp³-hybridized carbons (Fsp3) is 0.200. The number of hydrogen-bond donors (Lipinski definition) is 2. The highest BCUT2D eigenvalue weighted by atomic mass is 16.1. The van der Waals surface area contributed by atoms with Crippen LogP contribution in [0.3, 0.4) is 0 Å². The number of carbonyl (C=O) groups excluding carboxylic acids is 1. The van der Waals surface area contributed by atoms with Crippen molar-refractivity contribution < 1.29 is 4.79 Å². The minimum Gasteiger partial charge on any atom is -0.349 e. The molecular weight excluding hydrogens is 282 g/mol. The third-order valence-corrected chi connectivity index (χ3v) is 3.33. The number of nitrogens with zero attached hydrogens (tertiary/aromatic N) is 3. The van der Waals surface area contributed by atoms with Crippen LogP contribution in [0.4, 0.5) is 0 Å². The van der Waals surface area contributed by atoms with Crippen molar-refractivity contribution in [2.24, 2.45) is 0 Å². The molecule has 2 heterocycles. The zero-order valence-corrected chi connectivity index (χ0v) is 11.8. The Labute approximate surface area is 126 Å². The summed E-state index contributed by atoms with van der Waals surface area (Å²) in [6.07, 6.45) is 4.26. The SMILES string of the molecule is O=C(CCc1ccccc1)NCc1nnc2c(=O)[nH]ccn12. The van der Waals surface area contributed by atoms with Crippen LogP contribution in [0, 0.1) is 0 Å². The Hall–Kier alpha value is -2.96. The van der Waals surface area contributed by atoms with Gasteiger partial charge in [0.25, 0.3) is 5.56 Å². The summed E-state index contributed by atoms with van der Waals surface area (Å²) in [4.78, 5) is 25.9. The minimum atomic E-state index is -0.309. The molecule has 0 unspecified atom stereocenters. The van der Waals surface area contributed by atoms with Gasteiger partial charge in [-0.25, -0.2) is 0 Å². The summed E-state index contributed by atoms with van der Waals surface area (Å²) in [5.41, 5.74) is 1.03. The second-order valence-corrected chi connectivity index (χ2v) is 4.86. The highest BCUT2D eigenvalue weighted by Crippen LogP contribution is 2.03. The molecule has 112 valence electrons.